The number of benzene rings is 1. The molecule has 0 saturated heterocycles. The molecule has 3 rings (SSSR count). The van der Waals surface area contributed by atoms with Crippen LogP contribution >= 0.6 is 0 Å². The van der Waals surface area contributed by atoms with Crippen molar-refractivity contribution >= 4 is 5.78 Å². The van der Waals surface area contributed by atoms with Gasteiger partial charge in [-0.1, -0.05) is 30.3 Å². The average molecular weight is 313 g/mol. The van der Waals surface area contributed by atoms with Crippen LogP contribution in [0, 0.1) is 0 Å². The fourth-order valence-electron chi connectivity index (χ4n) is 2.51. The van der Waals surface area contributed by atoms with Gasteiger partial charge in [0.2, 0.25) is 11.6 Å². The molecule has 2 aromatic rings. The number of aromatic nitrogens is 3. The molecule has 0 fully saturated rings. The van der Waals surface area contributed by atoms with Gasteiger partial charge in [-0.05, 0) is 5.56 Å². The summed E-state index contributed by atoms with van der Waals surface area (Å²) < 4.78 is 52.0. The molecule has 1 aliphatic heterocycles. The molecule has 22 heavy (non-hydrogen) atoms. The minimum atomic E-state index is -4.64. The lowest BCUT2D eigenvalue weighted by molar-refractivity contribution is -0.125. The lowest BCUT2D eigenvalue weighted by atomic mass is 10.0. The molecule has 1 aromatic heterocycles. The number of ketones is 1. The quantitative estimate of drug-likeness (QED) is 0.644. The Hall–Kier alpha value is -2.25. The molecule has 2 atom stereocenters. The van der Waals surface area contributed by atoms with Crippen LogP contribution in [0.25, 0.3) is 0 Å². The van der Waals surface area contributed by atoms with E-state index in [0.717, 1.165) is 5.56 Å². The number of halogens is 4. The smallest absolute Gasteiger partial charge is 0.290 e. The van der Waals surface area contributed by atoms with Crippen LogP contribution in [-0.2, 0) is 0 Å². The second-order valence-corrected chi connectivity index (χ2v) is 5.08. The lowest BCUT2D eigenvalue weighted by Gasteiger charge is -2.11. The van der Waals surface area contributed by atoms with E-state index < -0.39 is 36.4 Å². The Labute approximate surface area is 122 Å². The average Bonchev–Trinajstić information content (AvgIpc) is 2.99. The van der Waals surface area contributed by atoms with Gasteiger partial charge in [0.15, 0.2) is 12.0 Å². The Morgan fingerprint density at radius 3 is 2.59 bits per heavy atom. The van der Waals surface area contributed by atoms with Crippen LogP contribution in [-0.4, -0.2) is 26.7 Å². The van der Waals surface area contributed by atoms with Crippen molar-refractivity contribution in [3.8, 4) is 0 Å². The summed E-state index contributed by atoms with van der Waals surface area (Å²) in [5.41, 5.74) is 0.767. The van der Waals surface area contributed by atoms with Gasteiger partial charge in [0.1, 0.15) is 6.42 Å². The highest BCUT2D eigenvalue weighted by Gasteiger charge is 2.38. The molecule has 1 aromatic carbocycles. The van der Waals surface area contributed by atoms with Crippen molar-refractivity contribution in [2.24, 2.45) is 0 Å². The molecule has 0 bridgehead atoms. The molecule has 4 nitrogen and oxygen atoms in total. The predicted molar refractivity (Wildman–Crippen MR) is 68.1 cm³/mol. The summed E-state index contributed by atoms with van der Waals surface area (Å²) in [6.45, 7) is 0. The number of hydrogen-bond acceptors (Lipinski definition) is 3. The molecule has 2 heterocycles. The van der Waals surface area contributed by atoms with Gasteiger partial charge in [-0.25, -0.2) is 14.1 Å². The van der Waals surface area contributed by atoms with Crippen molar-refractivity contribution in [2.75, 3.05) is 0 Å². The SMILES string of the molecule is O=C(CC(F)(F)F)c1nc2n(n1)[C@@H](c1ccccc1)C[C@H]2F. The van der Waals surface area contributed by atoms with Crippen LogP contribution in [0.3, 0.4) is 0 Å². The molecule has 0 saturated carbocycles. The Balaban J connectivity index is 1.92. The van der Waals surface area contributed by atoms with Gasteiger partial charge in [-0.3, -0.25) is 4.79 Å². The van der Waals surface area contributed by atoms with Crippen molar-refractivity contribution in [3.63, 3.8) is 0 Å². The number of Topliss-reactive ketones (excluding diaryl/α,β-unsaturated/α-hetero) is 1. The standard InChI is InChI=1S/C14H11F4N3O/c15-9-6-10(8-4-2-1-3-5-8)21-13(9)19-12(20-21)11(22)7-14(16,17)18/h1-5,9-10H,6-7H2/t9-,10-/m1/s1. The number of hydrogen-bond donors (Lipinski definition) is 0. The molecular weight excluding hydrogens is 302 g/mol. The third kappa shape index (κ3) is 2.72. The molecule has 1 aliphatic rings. The summed E-state index contributed by atoms with van der Waals surface area (Å²) in [7, 11) is 0. The van der Waals surface area contributed by atoms with Gasteiger partial charge in [-0.2, -0.15) is 13.2 Å². The molecule has 0 radical (unpaired) electrons. The van der Waals surface area contributed by atoms with Crippen molar-refractivity contribution < 1.29 is 22.4 Å². The van der Waals surface area contributed by atoms with E-state index in [1.54, 1.807) is 30.3 Å². The zero-order valence-electron chi connectivity index (χ0n) is 11.2. The highest BCUT2D eigenvalue weighted by atomic mass is 19.4. The van der Waals surface area contributed by atoms with Crippen molar-refractivity contribution in [2.45, 2.75) is 31.2 Å². The van der Waals surface area contributed by atoms with E-state index in [1.807, 2.05) is 0 Å². The first-order valence-corrected chi connectivity index (χ1v) is 6.60. The van der Waals surface area contributed by atoms with Crippen LogP contribution in [0.2, 0.25) is 0 Å². The molecule has 0 unspecified atom stereocenters. The van der Waals surface area contributed by atoms with Crippen LogP contribution in [0.4, 0.5) is 17.6 Å². The second-order valence-electron chi connectivity index (χ2n) is 5.08. The molecule has 0 N–H and O–H groups in total. The number of rotatable bonds is 3. The molecule has 8 heteroatoms. The van der Waals surface area contributed by atoms with Gasteiger partial charge < -0.3 is 0 Å². The maximum Gasteiger partial charge on any atom is 0.396 e. The zero-order chi connectivity index (χ0) is 15.9. The van der Waals surface area contributed by atoms with E-state index in [9.17, 15) is 22.4 Å². The Bertz CT molecular complexity index is 696. The fraction of sp³-hybridized carbons (Fsp3) is 0.357. The molecule has 0 amide bonds. The predicted octanol–water partition coefficient (Wildman–Crippen LogP) is 3.42. The van der Waals surface area contributed by atoms with Crippen LogP contribution < -0.4 is 0 Å². The number of fused-ring (bicyclic) bond motifs is 1. The number of alkyl halides is 4. The summed E-state index contributed by atoms with van der Waals surface area (Å²) in [6, 6.07) is 8.41. The molecule has 0 aliphatic carbocycles. The van der Waals surface area contributed by atoms with Crippen molar-refractivity contribution in [1.82, 2.24) is 14.8 Å². The van der Waals surface area contributed by atoms with Crippen LogP contribution in [0.1, 0.15) is 47.1 Å². The Morgan fingerprint density at radius 1 is 1.27 bits per heavy atom. The first-order valence-electron chi connectivity index (χ1n) is 6.60. The highest BCUT2D eigenvalue weighted by molar-refractivity contribution is 5.92. The van der Waals surface area contributed by atoms with Crippen LogP contribution in [0.15, 0.2) is 30.3 Å². The van der Waals surface area contributed by atoms with Gasteiger partial charge >= 0.3 is 6.18 Å². The summed E-state index contributed by atoms with van der Waals surface area (Å²) in [4.78, 5) is 15.2. The van der Waals surface area contributed by atoms with Crippen molar-refractivity contribution in [1.29, 1.82) is 0 Å². The van der Waals surface area contributed by atoms with Crippen LogP contribution in [0.5, 0.6) is 0 Å². The minimum Gasteiger partial charge on any atom is -0.290 e. The van der Waals surface area contributed by atoms with Gasteiger partial charge in [0.05, 0.1) is 6.04 Å². The number of carbonyl (C=O) groups is 1. The van der Waals surface area contributed by atoms with E-state index in [-0.39, 0.29) is 12.2 Å². The summed E-state index contributed by atoms with van der Waals surface area (Å²) in [5, 5.41) is 3.80. The topological polar surface area (TPSA) is 47.8 Å². The van der Waals surface area contributed by atoms with E-state index >= 15 is 0 Å². The van der Waals surface area contributed by atoms with E-state index in [2.05, 4.69) is 10.1 Å². The van der Waals surface area contributed by atoms with Gasteiger partial charge in [0.25, 0.3) is 0 Å². The van der Waals surface area contributed by atoms with E-state index in [4.69, 9.17) is 0 Å². The first-order chi connectivity index (χ1) is 10.3. The van der Waals surface area contributed by atoms with E-state index in [1.165, 1.54) is 4.68 Å². The molecular formula is C14H11F4N3O. The fourth-order valence-corrected chi connectivity index (χ4v) is 2.51. The van der Waals surface area contributed by atoms with Gasteiger partial charge in [-0.15, -0.1) is 5.10 Å². The van der Waals surface area contributed by atoms with Crippen molar-refractivity contribution in [3.05, 3.63) is 47.5 Å². The second kappa shape index (κ2) is 5.19. The maximum absolute atomic E-state index is 14.0. The Kier molecular flexibility index (Phi) is 3.46. The largest absolute Gasteiger partial charge is 0.396 e. The maximum atomic E-state index is 14.0. The molecule has 0 spiro atoms. The minimum absolute atomic E-state index is 0.0978. The monoisotopic (exact) mass is 313 g/mol. The zero-order valence-corrected chi connectivity index (χ0v) is 11.2. The normalized spacial score (nSPS) is 20.9. The molecule has 116 valence electrons. The first kappa shape index (κ1) is 14.7. The third-order valence-electron chi connectivity index (χ3n) is 3.46. The lowest BCUT2D eigenvalue weighted by Crippen LogP contribution is -2.17. The number of carbonyl (C=O) groups excluding carboxylic acids is 1. The summed E-state index contributed by atoms with van der Waals surface area (Å²) in [6.07, 6.45) is -7.64. The summed E-state index contributed by atoms with van der Waals surface area (Å²) >= 11 is 0. The highest BCUT2D eigenvalue weighted by Crippen LogP contribution is 2.39. The number of nitrogens with zero attached hydrogens (tertiary/aromatic N) is 3. The van der Waals surface area contributed by atoms with E-state index in [0.29, 0.717) is 0 Å². The Morgan fingerprint density at radius 2 is 1.95 bits per heavy atom. The third-order valence-corrected chi connectivity index (χ3v) is 3.46. The summed E-state index contributed by atoms with van der Waals surface area (Å²) in [5.74, 6) is -1.94. The van der Waals surface area contributed by atoms with Gasteiger partial charge in [0, 0.05) is 6.42 Å².